The molecule has 0 amide bonds. The van der Waals surface area contributed by atoms with E-state index in [1.165, 1.54) is 16.0 Å². The van der Waals surface area contributed by atoms with Crippen molar-refractivity contribution in [2.24, 2.45) is 0 Å². The second-order valence-corrected chi connectivity index (χ2v) is 5.95. The molecule has 0 bridgehead atoms. The number of para-hydroxylation sites is 2. The van der Waals surface area contributed by atoms with Gasteiger partial charge in [0.05, 0.1) is 17.6 Å². The predicted molar refractivity (Wildman–Crippen MR) is 82.3 cm³/mol. The minimum absolute atomic E-state index is 0.604. The van der Waals surface area contributed by atoms with Crippen LogP contribution in [0.5, 0.6) is 0 Å². The number of aromatic nitrogens is 2. The molecule has 4 heteroatoms. The van der Waals surface area contributed by atoms with E-state index in [0.29, 0.717) is 5.88 Å². The van der Waals surface area contributed by atoms with E-state index >= 15 is 0 Å². The molecule has 0 aliphatic rings. The number of hydrogen-bond donors (Lipinski definition) is 0. The smallest absolute Gasteiger partial charge is 0.111 e. The minimum Gasteiger partial charge on any atom is -0.323 e. The SMILES string of the molecule is Cc1ccsc1Cn1c(CCCl)nc2ccccc21. The number of halogens is 1. The van der Waals surface area contributed by atoms with Crippen LogP contribution < -0.4 is 0 Å². The zero-order chi connectivity index (χ0) is 13.2. The van der Waals surface area contributed by atoms with Crippen LogP contribution in [0.15, 0.2) is 35.7 Å². The van der Waals surface area contributed by atoms with Crippen molar-refractivity contribution in [3.8, 4) is 0 Å². The summed E-state index contributed by atoms with van der Waals surface area (Å²) in [5.41, 5.74) is 3.59. The van der Waals surface area contributed by atoms with Gasteiger partial charge in [0.15, 0.2) is 0 Å². The third kappa shape index (κ3) is 2.40. The van der Waals surface area contributed by atoms with Crippen molar-refractivity contribution >= 4 is 34.0 Å². The summed E-state index contributed by atoms with van der Waals surface area (Å²) in [6, 6.07) is 10.4. The number of thiophene rings is 1. The van der Waals surface area contributed by atoms with Crippen molar-refractivity contribution in [2.75, 3.05) is 5.88 Å². The van der Waals surface area contributed by atoms with Gasteiger partial charge in [-0.3, -0.25) is 0 Å². The zero-order valence-electron chi connectivity index (χ0n) is 10.8. The summed E-state index contributed by atoms with van der Waals surface area (Å²) in [5, 5.41) is 2.14. The van der Waals surface area contributed by atoms with Gasteiger partial charge in [-0.15, -0.1) is 22.9 Å². The molecular formula is C15H15ClN2S. The van der Waals surface area contributed by atoms with E-state index in [9.17, 15) is 0 Å². The van der Waals surface area contributed by atoms with E-state index < -0.39 is 0 Å². The third-order valence-electron chi connectivity index (χ3n) is 3.32. The van der Waals surface area contributed by atoms with Crippen LogP contribution in [0.4, 0.5) is 0 Å². The number of imidazole rings is 1. The molecule has 1 aromatic carbocycles. The lowest BCUT2D eigenvalue weighted by atomic mass is 10.2. The Hall–Kier alpha value is -1.32. The maximum absolute atomic E-state index is 5.90. The number of hydrogen-bond acceptors (Lipinski definition) is 2. The topological polar surface area (TPSA) is 17.8 Å². The van der Waals surface area contributed by atoms with Gasteiger partial charge in [0.2, 0.25) is 0 Å². The largest absolute Gasteiger partial charge is 0.323 e. The van der Waals surface area contributed by atoms with Crippen molar-refractivity contribution in [1.29, 1.82) is 0 Å². The Morgan fingerprint density at radius 2 is 2.11 bits per heavy atom. The first-order chi connectivity index (χ1) is 9.29. The highest BCUT2D eigenvalue weighted by molar-refractivity contribution is 7.10. The molecule has 0 unspecified atom stereocenters. The molecule has 0 aliphatic carbocycles. The van der Waals surface area contributed by atoms with Gasteiger partial charge < -0.3 is 4.57 Å². The lowest BCUT2D eigenvalue weighted by Crippen LogP contribution is -2.05. The highest BCUT2D eigenvalue weighted by Crippen LogP contribution is 2.22. The summed E-state index contributed by atoms with van der Waals surface area (Å²) in [6.45, 7) is 3.04. The van der Waals surface area contributed by atoms with Gasteiger partial charge in [-0.25, -0.2) is 4.98 Å². The summed E-state index contributed by atoms with van der Waals surface area (Å²) in [5.74, 6) is 1.68. The molecule has 0 atom stereocenters. The second kappa shape index (κ2) is 5.35. The van der Waals surface area contributed by atoms with Crippen LogP contribution in [0.3, 0.4) is 0 Å². The van der Waals surface area contributed by atoms with Crippen molar-refractivity contribution in [3.05, 3.63) is 52.0 Å². The Morgan fingerprint density at radius 1 is 1.26 bits per heavy atom. The molecular weight excluding hydrogens is 276 g/mol. The molecule has 0 fully saturated rings. The van der Waals surface area contributed by atoms with E-state index in [4.69, 9.17) is 16.6 Å². The van der Waals surface area contributed by atoms with Crippen LogP contribution in [-0.4, -0.2) is 15.4 Å². The molecule has 3 rings (SSSR count). The maximum atomic E-state index is 5.90. The van der Waals surface area contributed by atoms with E-state index in [1.54, 1.807) is 11.3 Å². The Labute approximate surface area is 121 Å². The van der Waals surface area contributed by atoms with Gasteiger partial charge >= 0.3 is 0 Å². The van der Waals surface area contributed by atoms with Gasteiger partial charge in [-0.05, 0) is 36.1 Å². The van der Waals surface area contributed by atoms with Crippen LogP contribution in [-0.2, 0) is 13.0 Å². The van der Waals surface area contributed by atoms with Crippen LogP contribution in [0.1, 0.15) is 16.3 Å². The number of benzene rings is 1. The molecule has 0 spiro atoms. The highest BCUT2D eigenvalue weighted by Gasteiger charge is 2.11. The number of aryl methyl sites for hydroxylation is 2. The van der Waals surface area contributed by atoms with E-state index in [2.05, 4.69) is 41.1 Å². The molecule has 19 heavy (non-hydrogen) atoms. The number of nitrogens with zero attached hydrogens (tertiary/aromatic N) is 2. The molecule has 0 radical (unpaired) electrons. The van der Waals surface area contributed by atoms with Crippen LogP contribution in [0.2, 0.25) is 0 Å². The quantitative estimate of drug-likeness (QED) is 0.657. The van der Waals surface area contributed by atoms with Gasteiger partial charge in [0, 0.05) is 17.2 Å². The average molecular weight is 291 g/mol. The van der Waals surface area contributed by atoms with E-state index in [-0.39, 0.29) is 0 Å². The summed E-state index contributed by atoms with van der Waals surface area (Å²) >= 11 is 7.70. The molecule has 0 N–H and O–H groups in total. The Morgan fingerprint density at radius 3 is 2.84 bits per heavy atom. The lowest BCUT2D eigenvalue weighted by Gasteiger charge is -2.08. The number of rotatable bonds is 4. The van der Waals surface area contributed by atoms with Crippen LogP contribution in [0.25, 0.3) is 11.0 Å². The average Bonchev–Trinajstić information content (AvgIpc) is 2.96. The molecule has 0 aliphatic heterocycles. The molecule has 3 aromatic rings. The third-order valence-corrected chi connectivity index (χ3v) is 4.52. The number of alkyl halides is 1. The first-order valence-corrected chi connectivity index (χ1v) is 7.74. The van der Waals surface area contributed by atoms with Crippen molar-refractivity contribution in [3.63, 3.8) is 0 Å². The monoisotopic (exact) mass is 290 g/mol. The molecule has 0 saturated heterocycles. The molecule has 2 nitrogen and oxygen atoms in total. The van der Waals surface area contributed by atoms with Crippen LogP contribution >= 0.6 is 22.9 Å². The minimum atomic E-state index is 0.604. The predicted octanol–water partition coefficient (Wildman–Crippen LogP) is 4.24. The Balaban J connectivity index is 2.09. The van der Waals surface area contributed by atoms with E-state index in [1.807, 2.05) is 6.07 Å². The number of fused-ring (bicyclic) bond motifs is 1. The van der Waals surface area contributed by atoms with Crippen molar-refractivity contribution < 1.29 is 0 Å². The molecule has 98 valence electrons. The molecule has 2 aromatic heterocycles. The van der Waals surface area contributed by atoms with Gasteiger partial charge in [0.25, 0.3) is 0 Å². The van der Waals surface area contributed by atoms with Gasteiger partial charge in [-0.2, -0.15) is 0 Å². The normalized spacial score (nSPS) is 11.3. The summed E-state index contributed by atoms with van der Waals surface area (Å²) in [7, 11) is 0. The van der Waals surface area contributed by atoms with Crippen molar-refractivity contribution in [1.82, 2.24) is 9.55 Å². The standard InChI is InChI=1S/C15H15ClN2S/c1-11-7-9-19-14(11)10-18-13-5-3-2-4-12(13)17-15(18)6-8-16/h2-5,7,9H,6,8,10H2,1H3. The molecule has 2 heterocycles. The summed E-state index contributed by atoms with van der Waals surface area (Å²) in [6.07, 6.45) is 0.806. The van der Waals surface area contributed by atoms with Crippen LogP contribution in [0, 0.1) is 6.92 Å². The first-order valence-electron chi connectivity index (χ1n) is 6.32. The maximum Gasteiger partial charge on any atom is 0.111 e. The van der Waals surface area contributed by atoms with Crippen molar-refractivity contribution in [2.45, 2.75) is 19.9 Å². The lowest BCUT2D eigenvalue weighted by molar-refractivity contribution is 0.760. The Bertz CT molecular complexity index is 699. The summed E-state index contributed by atoms with van der Waals surface area (Å²) < 4.78 is 2.29. The fourth-order valence-electron chi connectivity index (χ4n) is 2.29. The van der Waals surface area contributed by atoms with E-state index in [0.717, 1.165) is 24.3 Å². The second-order valence-electron chi connectivity index (χ2n) is 4.57. The molecule has 0 saturated carbocycles. The zero-order valence-corrected chi connectivity index (χ0v) is 12.3. The first kappa shape index (κ1) is 12.7. The Kier molecular flexibility index (Phi) is 3.58. The fraction of sp³-hybridized carbons (Fsp3) is 0.267. The summed E-state index contributed by atoms with van der Waals surface area (Å²) in [4.78, 5) is 6.08. The van der Waals surface area contributed by atoms with Gasteiger partial charge in [0.1, 0.15) is 5.82 Å². The fourth-order valence-corrected chi connectivity index (χ4v) is 3.35. The van der Waals surface area contributed by atoms with Gasteiger partial charge in [-0.1, -0.05) is 12.1 Å². The highest BCUT2D eigenvalue weighted by atomic mass is 35.5.